The Balaban J connectivity index is 1.98. The van der Waals surface area contributed by atoms with E-state index < -0.39 is 18.3 Å². The van der Waals surface area contributed by atoms with Crippen molar-refractivity contribution in [1.29, 1.82) is 0 Å². The van der Waals surface area contributed by atoms with Gasteiger partial charge in [0, 0.05) is 12.4 Å². The predicted octanol–water partition coefficient (Wildman–Crippen LogP) is 1.42. The molecule has 0 unspecified atom stereocenters. The van der Waals surface area contributed by atoms with E-state index in [4.69, 9.17) is 14.0 Å². The smallest absolute Gasteiger partial charge is 0.465 e. The van der Waals surface area contributed by atoms with Gasteiger partial charge in [-0.05, 0) is 39.8 Å². The van der Waals surface area contributed by atoms with E-state index in [2.05, 4.69) is 4.98 Å². The van der Waals surface area contributed by atoms with Crippen molar-refractivity contribution in [2.24, 2.45) is 0 Å². The lowest BCUT2D eigenvalue weighted by Crippen LogP contribution is -2.41. The van der Waals surface area contributed by atoms with Crippen molar-refractivity contribution in [2.75, 3.05) is 7.11 Å². The Morgan fingerprint density at radius 2 is 1.91 bits per heavy atom. The molecule has 0 spiro atoms. The normalized spacial score (nSPS) is 19.6. The van der Waals surface area contributed by atoms with E-state index in [9.17, 15) is 4.79 Å². The summed E-state index contributed by atoms with van der Waals surface area (Å²) in [6.07, 6.45) is 3.48. The number of carbonyl (C=O) groups is 1. The fourth-order valence-corrected chi connectivity index (χ4v) is 2.38. The summed E-state index contributed by atoms with van der Waals surface area (Å²) >= 11 is 0. The molecule has 1 aliphatic heterocycles. The number of methoxy groups -OCH3 is 1. The second kappa shape index (κ2) is 4.82. The summed E-state index contributed by atoms with van der Waals surface area (Å²) in [5, 5.41) is 0. The van der Waals surface area contributed by atoms with E-state index in [1.54, 1.807) is 24.5 Å². The zero-order chi connectivity index (χ0) is 16.1. The zero-order valence-electron chi connectivity index (χ0n) is 13.4. The van der Waals surface area contributed by atoms with Crippen molar-refractivity contribution < 1.29 is 18.8 Å². The topological polar surface area (TPSA) is 62.1 Å². The minimum absolute atomic E-state index is 0.386. The molecule has 2 aromatic rings. The molecule has 0 radical (unpaired) electrons. The summed E-state index contributed by atoms with van der Waals surface area (Å²) in [6, 6.07) is 3.37. The van der Waals surface area contributed by atoms with Crippen LogP contribution >= 0.6 is 0 Å². The molecule has 0 aromatic carbocycles. The van der Waals surface area contributed by atoms with Gasteiger partial charge >= 0.3 is 13.1 Å². The maximum absolute atomic E-state index is 11.6. The van der Waals surface area contributed by atoms with Crippen LogP contribution in [-0.2, 0) is 14.0 Å². The van der Waals surface area contributed by atoms with Crippen molar-refractivity contribution in [2.45, 2.75) is 38.9 Å². The van der Waals surface area contributed by atoms with E-state index in [1.165, 1.54) is 7.11 Å². The summed E-state index contributed by atoms with van der Waals surface area (Å²) < 4.78 is 18.7. The molecule has 116 valence electrons. The number of fused-ring (bicyclic) bond motifs is 1. The quantitative estimate of drug-likeness (QED) is 0.620. The van der Waals surface area contributed by atoms with E-state index in [0.29, 0.717) is 11.2 Å². The van der Waals surface area contributed by atoms with Gasteiger partial charge in [0.05, 0.1) is 29.5 Å². The van der Waals surface area contributed by atoms with Crippen molar-refractivity contribution >= 4 is 24.3 Å². The van der Waals surface area contributed by atoms with Gasteiger partial charge in [-0.1, -0.05) is 0 Å². The largest absolute Gasteiger partial charge is 0.514 e. The summed E-state index contributed by atoms with van der Waals surface area (Å²) in [5.41, 5.74) is 1.08. The Morgan fingerprint density at radius 3 is 2.50 bits per heavy atom. The van der Waals surface area contributed by atoms with Gasteiger partial charge in [-0.15, -0.1) is 0 Å². The number of nitrogens with zero attached hydrogens (tertiary/aromatic N) is 2. The average Bonchev–Trinajstić information content (AvgIpc) is 2.96. The van der Waals surface area contributed by atoms with Crippen LogP contribution in [0.4, 0.5) is 0 Å². The van der Waals surface area contributed by atoms with Gasteiger partial charge in [-0.2, -0.15) is 0 Å². The minimum atomic E-state index is -0.496. The maximum atomic E-state index is 11.6. The molecule has 6 nitrogen and oxygen atoms in total. The molecule has 3 rings (SSSR count). The Hall–Kier alpha value is -1.86. The summed E-state index contributed by atoms with van der Waals surface area (Å²) in [7, 11) is 0.859. The lowest BCUT2D eigenvalue weighted by Gasteiger charge is -2.32. The van der Waals surface area contributed by atoms with E-state index in [1.807, 2.05) is 32.1 Å². The first-order chi connectivity index (χ1) is 10.2. The highest BCUT2D eigenvalue weighted by atomic mass is 16.7. The molecule has 2 aromatic heterocycles. The lowest BCUT2D eigenvalue weighted by atomic mass is 9.85. The molecule has 0 aliphatic carbocycles. The molecule has 7 heteroatoms. The molecule has 0 atom stereocenters. The van der Waals surface area contributed by atoms with Crippen molar-refractivity contribution in [1.82, 2.24) is 9.38 Å². The Kier molecular flexibility index (Phi) is 3.30. The summed E-state index contributed by atoms with van der Waals surface area (Å²) in [6.45, 7) is 8.02. The highest BCUT2D eigenvalue weighted by molar-refractivity contribution is 6.61. The highest BCUT2D eigenvalue weighted by Gasteiger charge is 2.52. The van der Waals surface area contributed by atoms with E-state index in [0.717, 1.165) is 5.59 Å². The van der Waals surface area contributed by atoms with Crippen LogP contribution in [0.1, 0.15) is 38.1 Å². The SMILES string of the molecule is COC(=O)c1ccn2c(B3OC(C)(C)C(C)(C)O3)cnc2c1. The minimum Gasteiger partial charge on any atom is -0.465 e. The molecule has 1 saturated heterocycles. The van der Waals surface area contributed by atoms with E-state index >= 15 is 0 Å². The molecule has 0 N–H and O–H groups in total. The van der Waals surface area contributed by atoms with Gasteiger partial charge < -0.3 is 18.4 Å². The third-order valence-electron chi connectivity index (χ3n) is 4.46. The van der Waals surface area contributed by atoms with Gasteiger partial charge in [0.15, 0.2) is 0 Å². The standard InChI is InChI=1S/C15H19BN2O4/c1-14(2)15(3,4)22-16(21-14)11-9-17-12-8-10(13(19)20-5)6-7-18(11)12/h6-9H,1-5H3. The Labute approximate surface area is 129 Å². The van der Waals surface area contributed by atoms with E-state index in [-0.39, 0.29) is 5.97 Å². The fraction of sp³-hybridized carbons (Fsp3) is 0.467. The number of aromatic nitrogens is 2. The zero-order valence-corrected chi connectivity index (χ0v) is 13.4. The molecule has 22 heavy (non-hydrogen) atoms. The van der Waals surface area contributed by atoms with Crippen LogP contribution in [0.15, 0.2) is 24.5 Å². The van der Waals surface area contributed by atoms with Crippen LogP contribution in [0.3, 0.4) is 0 Å². The van der Waals surface area contributed by atoms with Gasteiger partial charge in [-0.3, -0.25) is 0 Å². The Morgan fingerprint density at radius 1 is 1.27 bits per heavy atom. The number of imidazole rings is 1. The van der Waals surface area contributed by atoms with Crippen LogP contribution in [0.2, 0.25) is 0 Å². The summed E-state index contributed by atoms with van der Waals surface area (Å²) in [4.78, 5) is 15.9. The first kappa shape index (κ1) is 15.1. The van der Waals surface area contributed by atoms with Crippen molar-refractivity contribution in [3.05, 3.63) is 30.1 Å². The number of esters is 1. The molecule has 1 aliphatic rings. The number of hydrogen-bond acceptors (Lipinski definition) is 5. The first-order valence-corrected chi connectivity index (χ1v) is 7.16. The first-order valence-electron chi connectivity index (χ1n) is 7.16. The fourth-order valence-electron chi connectivity index (χ4n) is 2.38. The molecule has 0 amide bonds. The van der Waals surface area contributed by atoms with Crippen LogP contribution in [0.25, 0.3) is 5.65 Å². The number of rotatable bonds is 2. The number of ether oxygens (including phenoxy) is 1. The number of carbonyl (C=O) groups excluding carboxylic acids is 1. The summed E-state index contributed by atoms with van der Waals surface area (Å²) in [5.74, 6) is -0.386. The van der Waals surface area contributed by atoms with Gasteiger partial charge in [0.2, 0.25) is 0 Å². The molecule has 1 fully saturated rings. The molecular formula is C15H19BN2O4. The van der Waals surface area contributed by atoms with Crippen LogP contribution < -0.4 is 5.59 Å². The average molecular weight is 302 g/mol. The molecule has 0 saturated carbocycles. The van der Waals surface area contributed by atoms with Gasteiger partial charge in [-0.25, -0.2) is 9.78 Å². The van der Waals surface area contributed by atoms with Crippen LogP contribution in [0, 0.1) is 0 Å². The third-order valence-corrected chi connectivity index (χ3v) is 4.46. The predicted molar refractivity (Wildman–Crippen MR) is 82.2 cm³/mol. The van der Waals surface area contributed by atoms with Crippen molar-refractivity contribution in [3.8, 4) is 0 Å². The van der Waals surface area contributed by atoms with Gasteiger partial charge in [0.1, 0.15) is 5.65 Å². The van der Waals surface area contributed by atoms with Crippen LogP contribution in [-0.4, -0.2) is 40.8 Å². The number of hydrogen-bond donors (Lipinski definition) is 0. The molecule has 0 bridgehead atoms. The van der Waals surface area contributed by atoms with Gasteiger partial charge in [0.25, 0.3) is 0 Å². The third kappa shape index (κ3) is 2.21. The monoisotopic (exact) mass is 302 g/mol. The Bertz CT molecular complexity index is 722. The van der Waals surface area contributed by atoms with Crippen LogP contribution in [0.5, 0.6) is 0 Å². The number of pyridine rings is 1. The van der Waals surface area contributed by atoms with Crippen molar-refractivity contribution in [3.63, 3.8) is 0 Å². The lowest BCUT2D eigenvalue weighted by molar-refractivity contribution is 0.00578. The second-order valence-corrected chi connectivity index (χ2v) is 6.41. The highest BCUT2D eigenvalue weighted by Crippen LogP contribution is 2.36. The molecule has 3 heterocycles. The molecular weight excluding hydrogens is 283 g/mol. The second-order valence-electron chi connectivity index (χ2n) is 6.41. The maximum Gasteiger partial charge on any atom is 0.514 e.